The molecule has 0 radical (unpaired) electrons. The molecule has 0 spiro atoms. The molecule has 0 atom stereocenters. The van der Waals surface area contributed by atoms with Crippen LogP contribution in [0.5, 0.6) is 5.75 Å². The van der Waals surface area contributed by atoms with Crippen LogP contribution in [0.1, 0.15) is 79.7 Å². The van der Waals surface area contributed by atoms with Gasteiger partial charge in [0.05, 0.1) is 7.11 Å². The van der Waals surface area contributed by atoms with E-state index in [-0.39, 0.29) is 12.1 Å². The zero-order valence-electron chi connectivity index (χ0n) is 20.7. The Kier molecular flexibility index (Phi) is 20.9. The van der Waals surface area contributed by atoms with Gasteiger partial charge in [0, 0.05) is 12.1 Å². The van der Waals surface area contributed by atoms with Gasteiger partial charge in [-0.2, -0.15) is 0 Å². The van der Waals surface area contributed by atoms with Gasteiger partial charge in [0.1, 0.15) is 5.75 Å². The summed E-state index contributed by atoms with van der Waals surface area (Å²) in [6.07, 6.45) is 5.94. The van der Waals surface area contributed by atoms with E-state index in [2.05, 4.69) is 43.1 Å². The Morgan fingerprint density at radius 2 is 1.59 bits per heavy atom. The predicted molar refractivity (Wildman–Crippen MR) is 129 cm³/mol. The van der Waals surface area contributed by atoms with Crippen LogP contribution in [0, 0.1) is 0 Å². The van der Waals surface area contributed by atoms with Crippen molar-refractivity contribution in [1.29, 1.82) is 0 Å². The maximum absolute atomic E-state index is 8.76. The molecule has 1 fully saturated rings. The molecule has 1 aromatic rings. The van der Waals surface area contributed by atoms with Gasteiger partial charge in [0.25, 0.3) is 0 Å². The number of nitrogens with one attached hydrogen (secondary N) is 1. The maximum Gasteiger partial charge on any atom is 0.118 e. The lowest BCUT2D eigenvalue weighted by Crippen LogP contribution is -2.42. The molecule has 1 aliphatic heterocycles. The van der Waals surface area contributed by atoms with Crippen LogP contribution in [-0.2, 0) is 6.42 Å². The van der Waals surface area contributed by atoms with Crippen LogP contribution in [0.25, 0.3) is 0 Å². The first-order chi connectivity index (χ1) is 14.0. The molecule has 0 unspecified atom stereocenters. The van der Waals surface area contributed by atoms with E-state index in [9.17, 15) is 0 Å². The standard InChI is InChI=1S/C14H23NO2.C7H15N.2C2H6/c1-14(2,15-9-4-10-16)11-12-5-7-13(17-3)8-6-12;1-2-5-8-6-3-4-7-8;2*1-2/h5-8,15-16H,4,9-11H2,1-3H3;2-7H2,1H3;2*1-2H3. The van der Waals surface area contributed by atoms with Crippen molar-refractivity contribution in [2.24, 2.45) is 0 Å². The quantitative estimate of drug-likeness (QED) is 0.525. The Balaban J connectivity index is 0. The molecule has 4 nitrogen and oxygen atoms in total. The van der Waals surface area contributed by atoms with Crippen LogP contribution in [0.15, 0.2) is 24.3 Å². The van der Waals surface area contributed by atoms with Crippen molar-refractivity contribution in [3.63, 3.8) is 0 Å². The monoisotopic (exact) mass is 410 g/mol. The normalized spacial score (nSPS) is 13.3. The lowest BCUT2D eigenvalue weighted by atomic mass is 9.95. The molecule has 2 rings (SSSR count). The van der Waals surface area contributed by atoms with Crippen LogP contribution < -0.4 is 10.1 Å². The van der Waals surface area contributed by atoms with E-state index in [1.54, 1.807) is 7.11 Å². The molecule has 1 heterocycles. The average Bonchev–Trinajstić information content (AvgIpc) is 3.25. The van der Waals surface area contributed by atoms with Gasteiger partial charge >= 0.3 is 0 Å². The molecular weight excluding hydrogens is 360 g/mol. The summed E-state index contributed by atoms with van der Waals surface area (Å²) in [5.74, 6) is 0.889. The molecule has 4 heteroatoms. The molecule has 1 aromatic carbocycles. The van der Waals surface area contributed by atoms with Crippen molar-refractivity contribution < 1.29 is 9.84 Å². The third-order valence-corrected chi connectivity index (χ3v) is 4.48. The summed E-state index contributed by atoms with van der Waals surface area (Å²) >= 11 is 0. The number of aliphatic hydroxyl groups excluding tert-OH is 1. The van der Waals surface area contributed by atoms with Gasteiger partial charge in [-0.25, -0.2) is 0 Å². The number of methoxy groups -OCH3 is 1. The van der Waals surface area contributed by atoms with E-state index in [1.165, 1.54) is 44.5 Å². The summed E-state index contributed by atoms with van der Waals surface area (Å²) in [7, 11) is 1.68. The van der Waals surface area contributed by atoms with Crippen LogP contribution in [0.3, 0.4) is 0 Å². The number of nitrogens with zero attached hydrogens (tertiary/aromatic N) is 1. The van der Waals surface area contributed by atoms with Gasteiger partial charge in [0.15, 0.2) is 0 Å². The second-order valence-electron chi connectivity index (χ2n) is 7.46. The summed E-state index contributed by atoms with van der Waals surface area (Å²) in [5, 5.41) is 12.2. The van der Waals surface area contributed by atoms with Crippen molar-refractivity contribution in [1.82, 2.24) is 10.2 Å². The average molecular weight is 411 g/mol. The van der Waals surface area contributed by atoms with Gasteiger partial charge < -0.3 is 20.1 Å². The summed E-state index contributed by atoms with van der Waals surface area (Å²) < 4.78 is 5.14. The second-order valence-corrected chi connectivity index (χ2v) is 7.46. The predicted octanol–water partition coefficient (Wildman–Crippen LogP) is 5.53. The van der Waals surface area contributed by atoms with Gasteiger partial charge in [-0.1, -0.05) is 46.8 Å². The summed E-state index contributed by atoms with van der Waals surface area (Å²) in [4.78, 5) is 2.54. The molecular formula is C25H50N2O2. The minimum atomic E-state index is 0.0454. The van der Waals surface area contributed by atoms with E-state index < -0.39 is 0 Å². The zero-order chi connectivity index (χ0) is 22.5. The van der Waals surface area contributed by atoms with Crippen molar-refractivity contribution in [3.05, 3.63) is 29.8 Å². The topological polar surface area (TPSA) is 44.7 Å². The molecule has 0 bridgehead atoms. The fourth-order valence-corrected chi connectivity index (χ4v) is 3.14. The van der Waals surface area contributed by atoms with Crippen molar-refractivity contribution in [2.45, 2.75) is 86.1 Å². The van der Waals surface area contributed by atoms with Crippen molar-refractivity contribution in [2.75, 3.05) is 39.9 Å². The van der Waals surface area contributed by atoms with E-state index in [4.69, 9.17) is 9.84 Å². The van der Waals surface area contributed by atoms with E-state index in [1.807, 2.05) is 39.8 Å². The van der Waals surface area contributed by atoms with Crippen molar-refractivity contribution >= 4 is 0 Å². The first-order valence-electron chi connectivity index (χ1n) is 11.7. The molecule has 172 valence electrons. The van der Waals surface area contributed by atoms with Crippen LogP contribution in [-0.4, -0.2) is 55.4 Å². The highest BCUT2D eigenvalue weighted by molar-refractivity contribution is 5.28. The highest BCUT2D eigenvalue weighted by Gasteiger charge is 2.17. The minimum absolute atomic E-state index is 0.0454. The highest BCUT2D eigenvalue weighted by atomic mass is 16.5. The lowest BCUT2D eigenvalue weighted by molar-refractivity contribution is 0.274. The second kappa shape index (κ2) is 20.2. The number of hydrogen-bond donors (Lipinski definition) is 2. The van der Waals surface area contributed by atoms with E-state index in [0.717, 1.165) is 25.1 Å². The van der Waals surface area contributed by atoms with Crippen LogP contribution >= 0.6 is 0 Å². The summed E-state index contributed by atoms with van der Waals surface area (Å²) in [5.41, 5.74) is 1.33. The van der Waals surface area contributed by atoms with E-state index in [0.29, 0.717) is 0 Å². The van der Waals surface area contributed by atoms with Gasteiger partial charge in [-0.15, -0.1) is 0 Å². The molecule has 1 aliphatic rings. The Bertz CT molecular complexity index is 441. The number of benzene rings is 1. The highest BCUT2D eigenvalue weighted by Crippen LogP contribution is 2.16. The molecule has 2 N–H and O–H groups in total. The molecule has 29 heavy (non-hydrogen) atoms. The Morgan fingerprint density at radius 1 is 1.03 bits per heavy atom. The first-order valence-corrected chi connectivity index (χ1v) is 11.7. The van der Waals surface area contributed by atoms with Gasteiger partial charge in [0.2, 0.25) is 0 Å². The van der Waals surface area contributed by atoms with Gasteiger partial charge in [-0.05, 0) is 89.8 Å². The number of ether oxygens (including phenoxy) is 1. The Morgan fingerprint density at radius 3 is 2.03 bits per heavy atom. The Hall–Kier alpha value is -1.10. The zero-order valence-corrected chi connectivity index (χ0v) is 20.7. The molecule has 0 amide bonds. The molecule has 0 saturated carbocycles. The third-order valence-electron chi connectivity index (χ3n) is 4.48. The fraction of sp³-hybridized carbons (Fsp3) is 0.760. The minimum Gasteiger partial charge on any atom is -0.497 e. The number of aliphatic hydroxyl groups is 1. The lowest BCUT2D eigenvalue weighted by Gasteiger charge is -2.26. The molecule has 0 aromatic heterocycles. The van der Waals surface area contributed by atoms with Crippen molar-refractivity contribution in [3.8, 4) is 5.75 Å². The fourth-order valence-electron chi connectivity index (χ4n) is 3.14. The number of likely N-dealkylation sites (tertiary alicyclic amines) is 1. The number of rotatable bonds is 9. The van der Waals surface area contributed by atoms with Gasteiger partial charge in [-0.3, -0.25) is 0 Å². The first kappa shape index (κ1) is 30.1. The van der Waals surface area contributed by atoms with Crippen LogP contribution in [0.2, 0.25) is 0 Å². The summed E-state index contributed by atoms with van der Waals surface area (Å²) in [6, 6.07) is 8.15. The third kappa shape index (κ3) is 16.4. The largest absolute Gasteiger partial charge is 0.497 e. The maximum atomic E-state index is 8.76. The SMILES string of the molecule is CC.CC.CCCN1CCCC1.COc1ccc(CC(C)(C)NCCCO)cc1. The Labute approximate surface area is 182 Å². The van der Waals surface area contributed by atoms with E-state index >= 15 is 0 Å². The molecule has 1 saturated heterocycles. The summed E-state index contributed by atoms with van der Waals surface area (Å²) in [6.45, 7) is 19.7. The smallest absolute Gasteiger partial charge is 0.118 e. The van der Waals surface area contributed by atoms with Crippen LogP contribution in [0.4, 0.5) is 0 Å². The molecule has 0 aliphatic carbocycles. The number of hydrogen-bond acceptors (Lipinski definition) is 4.